The van der Waals surface area contributed by atoms with Crippen LogP contribution in [0.3, 0.4) is 0 Å². The Labute approximate surface area is 128 Å². The quantitative estimate of drug-likeness (QED) is 0.447. The summed E-state index contributed by atoms with van der Waals surface area (Å²) in [5.41, 5.74) is 3.53. The first-order valence-corrected chi connectivity index (χ1v) is 8.07. The molecule has 0 aliphatic rings. The highest BCUT2D eigenvalue weighted by Crippen LogP contribution is 2.12. The van der Waals surface area contributed by atoms with Crippen molar-refractivity contribution in [2.24, 2.45) is 4.99 Å². The minimum atomic E-state index is 0.919. The Morgan fingerprint density at radius 3 is 1.76 bits per heavy atom. The third-order valence-corrected chi connectivity index (χ3v) is 3.63. The molecule has 1 heteroatoms. The van der Waals surface area contributed by atoms with E-state index in [0.717, 1.165) is 12.3 Å². The summed E-state index contributed by atoms with van der Waals surface area (Å²) in [6, 6.07) is 21.0. The molecule has 0 spiro atoms. The predicted molar refractivity (Wildman–Crippen MR) is 92.1 cm³/mol. The molecule has 2 aromatic carbocycles. The molecule has 0 saturated heterocycles. The fourth-order valence-corrected chi connectivity index (χ4v) is 2.45. The fourth-order valence-electron chi connectivity index (χ4n) is 2.45. The van der Waals surface area contributed by atoms with Gasteiger partial charge in [-0.1, -0.05) is 93.3 Å². The van der Waals surface area contributed by atoms with Gasteiger partial charge in [-0.25, -0.2) is 0 Å². The van der Waals surface area contributed by atoms with Crippen molar-refractivity contribution in [2.75, 3.05) is 6.54 Å². The van der Waals surface area contributed by atoms with Gasteiger partial charge >= 0.3 is 0 Å². The molecule has 0 heterocycles. The maximum atomic E-state index is 4.88. The summed E-state index contributed by atoms with van der Waals surface area (Å²) in [6.45, 7) is 3.17. The number of nitrogens with zero attached hydrogens (tertiary/aromatic N) is 1. The average molecular weight is 279 g/mol. The molecule has 0 N–H and O–H groups in total. The van der Waals surface area contributed by atoms with E-state index in [1.54, 1.807) is 0 Å². The number of benzene rings is 2. The van der Waals surface area contributed by atoms with Gasteiger partial charge in [-0.05, 0) is 6.42 Å². The normalized spacial score (nSPS) is 10.3. The SMILES string of the molecule is CCCCCCCN=C(c1ccccc1)c1ccccc1. The van der Waals surface area contributed by atoms with Crippen molar-refractivity contribution in [1.82, 2.24) is 0 Å². The van der Waals surface area contributed by atoms with Crippen LogP contribution in [0.15, 0.2) is 65.7 Å². The zero-order valence-corrected chi connectivity index (χ0v) is 13.0. The maximum absolute atomic E-state index is 4.88. The number of unbranched alkanes of at least 4 members (excludes halogenated alkanes) is 4. The van der Waals surface area contributed by atoms with E-state index in [0.29, 0.717) is 0 Å². The van der Waals surface area contributed by atoms with Crippen molar-refractivity contribution in [3.63, 3.8) is 0 Å². The van der Waals surface area contributed by atoms with Gasteiger partial charge in [0.1, 0.15) is 0 Å². The fraction of sp³-hybridized carbons (Fsp3) is 0.350. The van der Waals surface area contributed by atoms with E-state index < -0.39 is 0 Å². The Bertz CT molecular complexity index is 487. The third-order valence-electron chi connectivity index (χ3n) is 3.63. The van der Waals surface area contributed by atoms with Crippen molar-refractivity contribution in [1.29, 1.82) is 0 Å². The zero-order valence-electron chi connectivity index (χ0n) is 13.0. The first-order valence-electron chi connectivity index (χ1n) is 8.07. The molecule has 1 nitrogen and oxygen atoms in total. The second kappa shape index (κ2) is 9.12. The first kappa shape index (κ1) is 15.5. The molecule has 2 rings (SSSR count). The van der Waals surface area contributed by atoms with Gasteiger partial charge in [-0.3, -0.25) is 4.99 Å². The Morgan fingerprint density at radius 1 is 0.714 bits per heavy atom. The first-order chi connectivity index (χ1) is 10.4. The van der Waals surface area contributed by atoms with Crippen LogP contribution in [0, 0.1) is 0 Å². The molecule has 21 heavy (non-hydrogen) atoms. The highest BCUT2D eigenvalue weighted by atomic mass is 14.7. The molecule has 0 fully saturated rings. The molecule has 110 valence electrons. The van der Waals surface area contributed by atoms with Gasteiger partial charge in [0.05, 0.1) is 5.71 Å². The topological polar surface area (TPSA) is 12.4 Å². The van der Waals surface area contributed by atoms with E-state index >= 15 is 0 Å². The van der Waals surface area contributed by atoms with Gasteiger partial charge in [-0.15, -0.1) is 0 Å². The van der Waals surface area contributed by atoms with Gasteiger partial charge in [0.2, 0.25) is 0 Å². The molecule has 0 aliphatic heterocycles. The molecule has 0 unspecified atom stereocenters. The van der Waals surface area contributed by atoms with Gasteiger partial charge in [0.15, 0.2) is 0 Å². The Balaban J connectivity index is 2.06. The van der Waals surface area contributed by atoms with Crippen LogP contribution in [0.1, 0.15) is 50.2 Å². The predicted octanol–water partition coefficient (Wildman–Crippen LogP) is 5.49. The molecule has 0 aromatic heterocycles. The number of hydrogen-bond donors (Lipinski definition) is 0. The van der Waals surface area contributed by atoms with E-state index in [1.807, 2.05) is 0 Å². The molecule has 0 aliphatic carbocycles. The van der Waals surface area contributed by atoms with Crippen molar-refractivity contribution < 1.29 is 0 Å². The lowest BCUT2D eigenvalue weighted by atomic mass is 10.0. The minimum absolute atomic E-state index is 0.919. The van der Waals surface area contributed by atoms with Gasteiger partial charge in [0.25, 0.3) is 0 Å². The molecule has 0 atom stereocenters. The molecular weight excluding hydrogens is 254 g/mol. The summed E-state index contributed by atoms with van der Waals surface area (Å²) >= 11 is 0. The van der Waals surface area contributed by atoms with Crippen LogP contribution in [-0.4, -0.2) is 12.3 Å². The largest absolute Gasteiger partial charge is 0.284 e. The van der Waals surface area contributed by atoms with Crippen molar-refractivity contribution in [2.45, 2.75) is 39.0 Å². The minimum Gasteiger partial charge on any atom is -0.284 e. The van der Waals surface area contributed by atoms with Crippen LogP contribution < -0.4 is 0 Å². The number of rotatable bonds is 8. The van der Waals surface area contributed by atoms with Crippen molar-refractivity contribution in [3.8, 4) is 0 Å². The van der Waals surface area contributed by atoms with Crippen LogP contribution in [-0.2, 0) is 0 Å². The zero-order chi connectivity index (χ0) is 14.8. The lowest BCUT2D eigenvalue weighted by molar-refractivity contribution is 0.638. The van der Waals surface area contributed by atoms with Crippen LogP contribution in [0.2, 0.25) is 0 Å². The molecule has 0 radical (unpaired) electrons. The van der Waals surface area contributed by atoms with E-state index in [4.69, 9.17) is 4.99 Å². The summed E-state index contributed by atoms with van der Waals surface area (Å²) in [7, 11) is 0. The van der Waals surface area contributed by atoms with Crippen molar-refractivity contribution in [3.05, 3.63) is 71.8 Å². The summed E-state index contributed by atoms with van der Waals surface area (Å²) in [5, 5.41) is 0. The van der Waals surface area contributed by atoms with Crippen LogP contribution in [0.25, 0.3) is 0 Å². The third kappa shape index (κ3) is 5.18. The summed E-state index contributed by atoms with van der Waals surface area (Å²) in [4.78, 5) is 4.88. The second-order valence-corrected chi connectivity index (χ2v) is 5.38. The Kier molecular flexibility index (Phi) is 6.73. The van der Waals surface area contributed by atoms with Crippen molar-refractivity contribution >= 4 is 5.71 Å². The summed E-state index contributed by atoms with van der Waals surface area (Å²) < 4.78 is 0. The van der Waals surface area contributed by atoms with Gasteiger partial charge in [0, 0.05) is 17.7 Å². The van der Waals surface area contributed by atoms with E-state index in [2.05, 4.69) is 67.6 Å². The average Bonchev–Trinajstić information content (AvgIpc) is 2.56. The monoisotopic (exact) mass is 279 g/mol. The van der Waals surface area contributed by atoms with E-state index in [9.17, 15) is 0 Å². The van der Waals surface area contributed by atoms with E-state index in [1.165, 1.54) is 43.2 Å². The highest BCUT2D eigenvalue weighted by molar-refractivity contribution is 6.12. The molecule has 2 aromatic rings. The smallest absolute Gasteiger partial charge is 0.0718 e. The lowest BCUT2D eigenvalue weighted by Crippen LogP contribution is -2.04. The Hall–Kier alpha value is -1.89. The lowest BCUT2D eigenvalue weighted by Gasteiger charge is -2.07. The van der Waals surface area contributed by atoms with Crippen LogP contribution in [0.4, 0.5) is 0 Å². The van der Waals surface area contributed by atoms with E-state index in [-0.39, 0.29) is 0 Å². The second-order valence-electron chi connectivity index (χ2n) is 5.38. The molecule has 0 amide bonds. The molecule has 0 saturated carbocycles. The van der Waals surface area contributed by atoms with Crippen LogP contribution in [0.5, 0.6) is 0 Å². The van der Waals surface area contributed by atoms with Gasteiger partial charge < -0.3 is 0 Å². The number of aliphatic imine (C=N–C) groups is 1. The highest BCUT2D eigenvalue weighted by Gasteiger charge is 2.05. The summed E-state index contributed by atoms with van der Waals surface area (Å²) in [6.07, 6.45) is 6.44. The Morgan fingerprint density at radius 2 is 1.24 bits per heavy atom. The number of hydrogen-bond acceptors (Lipinski definition) is 1. The molecule has 0 bridgehead atoms. The van der Waals surface area contributed by atoms with Crippen LogP contribution >= 0.6 is 0 Å². The summed E-state index contributed by atoms with van der Waals surface area (Å²) in [5.74, 6) is 0. The van der Waals surface area contributed by atoms with Gasteiger partial charge in [-0.2, -0.15) is 0 Å². The maximum Gasteiger partial charge on any atom is 0.0718 e. The molecular formula is C20H25N. The standard InChI is InChI=1S/C20H25N/c1-2-3-4-5-12-17-21-20(18-13-8-6-9-14-18)19-15-10-7-11-16-19/h6-11,13-16H,2-5,12,17H2,1H3.